The zero-order valence-electron chi connectivity index (χ0n) is 14.1. The largest absolute Gasteiger partial charge is 0.322 e. The molecule has 2 amide bonds. The number of fused-ring (bicyclic) bond motifs is 1. The molecule has 0 unspecified atom stereocenters. The molecular weight excluding hydrogens is 300 g/mol. The third-order valence-corrected chi connectivity index (χ3v) is 4.37. The molecular formula is C20H22N2O2. The summed E-state index contributed by atoms with van der Waals surface area (Å²) < 4.78 is 0. The van der Waals surface area contributed by atoms with Crippen LogP contribution in [0.25, 0.3) is 0 Å². The fourth-order valence-electron chi connectivity index (χ4n) is 3.10. The average Bonchev–Trinajstić information content (AvgIpc) is 2.99. The molecule has 0 bridgehead atoms. The number of aryl methyl sites for hydroxylation is 1. The van der Waals surface area contributed by atoms with Crippen molar-refractivity contribution < 1.29 is 9.59 Å². The highest BCUT2D eigenvalue weighted by Gasteiger charge is 2.22. The highest BCUT2D eigenvalue weighted by Crippen LogP contribution is 2.31. The second-order valence-electron chi connectivity index (χ2n) is 6.17. The summed E-state index contributed by atoms with van der Waals surface area (Å²) in [4.78, 5) is 25.8. The number of benzene rings is 2. The van der Waals surface area contributed by atoms with Crippen LogP contribution < -0.4 is 10.2 Å². The van der Waals surface area contributed by atoms with Crippen LogP contribution in [0, 0.1) is 0 Å². The number of nitrogens with zero attached hydrogens (tertiary/aromatic N) is 1. The molecule has 2 aromatic carbocycles. The lowest BCUT2D eigenvalue weighted by atomic mass is 10.1. The van der Waals surface area contributed by atoms with E-state index in [0.29, 0.717) is 17.8 Å². The number of hydrogen-bond acceptors (Lipinski definition) is 2. The number of nitrogens with one attached hydrogen (secondary N) is 1. The first kappa shape index (κ1) is 16.2. The lowest BCUT2D eigenvalue weighted by Crippen LogP contribution is -2.25. The number of carbonyl (C=O) groups is 2. The minimum atomic E-state index is -0.134. The monoisotopic (exact) mass is 322 g/mol. The highest BCUT2D eigenvalue weighted by atomic mass is 16.2. The second-order valence-corrected chi connectivity index (χ2v) is 6.17. The molecule has 0 atom stereocenters. The van der Waals surface area contributed by atoms with Crippen molar-refractivity contribution in [3.63, 3.8) is 0 Å². The van der Waals surface area contributed by atoms with Gasteiger partial charge in [0.2, 0.25) is 5.91 Å². The van der Waals surface area contributed by atoms with Gasteiger partial charge in [-0.2, -0.15) is 0 Å². The Morgan fingerprint density at radius 1 is 1.12 bits per heavy atom. The van der Waals surface area contributed by atoms with Crippen molar-refractivity contribution in [1.82, 2.24) is 0 Å². The number of carbonyl (C=O) groups excluding carboxylic acids is 2. The molecule has 124 valence electrons. The van der Waals surface area contributed by atoms with Crippen LogP contribution in [-0.4, -0.2) is 18.4 Å². The molecule has 4 nitrogen and oxygen atoms in total. The summed E-state index contributed by atoms with van der Waals surface area (Å²) in [6, 6.07) is 13.5. The van der Waals surface area contributed by atoms with E-state index in [2.05, 4.69) is 12.2 Å². The zero-order valence-corrected chi connectivity index (χ0v) is 14.1. The van der Waals surface area contributed by atoms with Crippen molar-refractivity contribution in [2.45, 2.75) is 33.1 Å². The van der Waals surface area contributed by atoms with E-state index in [1.54, 1.807) is 11.8 Å². The van der Waals surface area contributed by atoms with Crippen LogP contribution in [0.1, 0.15) is 41.8 Å². The third kappa shape index (κ3) is 3.32. The van der Waals surface area contributed by atoms with Crippen LogP contribution in [0.2, 0.25) is 0 Å². The van der Waals surface area contributed by atoms with Gasteiger partial charge in [-0.15, -0.1) is 0 Å². The summed E-state index contributed by atoms with van der Waals surface area (Å²) >= 11 is 0. The number of hydrogen-bond donors (Lipinski definition) is 1. The van der Waals surface area contributed by atoms with Gasteiger partial charge in [-0.25, -0.2) is 0 Å². The van der Waals surface area contributed by atoms with Crippen LogP contribution in [0.5, 0.6) is 0 Å². The van der Waals surface area contributed by atoms with Gasteiger partial charge in [0.15, 0.2) is 0 Å². The lowest BCUT2D eigenvalue weighted by molar-refractivity contribution is -0.116. The molecule has 0 fully saturated rings. The van der Waals surface area contributed by atoms with E-state index in [1.807, 2.05) is 42.5 Å². The first-order valence-electron chi connectivity index (χ1n) is 8.40. The maximum atomic E-state index is 12.4. The summed E-state index contributed by atoms with van der Waals surface area (Å²) in [5, 5.41) is 2.92. The van der Waals surface area contributed by atoms with Gasteiger partial charge in [0.25, 0.3) is 5.91 Å². The van der Waals surface area contributed by atoms with Gasteiger partial charge < -0.3 is 10.2 Å². The van der Waals surface area contributed by atoms with E-state index < -0.39 is 0 Å². The SMILES string of the molecule is CCCc1ccc(C(=O)Nc2ccc3c(c2)N(C(C)=O)CC3)cc1. The van der Waals surface area contributed by atoms with Gasteiger partial charge in [-0.05, 0) is 48.2 Å². The Morgan fingerprint density at radius 3 is 2.54 bits per heavy atom. The molecule has 3 rings (SSSR count). The van der Waals surface area contributed by atoms with Crippen molar-refractivity contribution in [3.8, 4) is 0 Å². The summed E-state index contributed by atoms with van der Waals surface area (Å²) in [5.74, 6) is -0.103. The molecule has 0 spiro atoms. The fraction of sp³-hybridized carbons (Fsp3) is 0.300. The van der Waals surface area contributed by atoms with Gasteiger partial charge in [-0.3, -0.25) is 9.59 Å². The van der Waals surface area contributed by atoms with Crippen molar-refractivity contribution >= 4 is 23.2 Å². The van der Waals surface area contributed by atoms with Crippen LogP contribution in [0.15, 0.2) is 42.5 Å². The minimum absolute atomic E-state index is 0.0312. The summed E-state index contributed by atoms with van der Waals surface area (Å²) in [6.45, 7) is 4.41. The molecule has 1 N–H and O–H groups in total. The predicted molar refractivity (Wildman–Crippen MR) is 96.6 cm³/mol. The third-order valence-electron chi connectivity index (χ3n) is 4.37. The molecule has 24 heavy (non-hydrogen) atoms. The smallest absolute Gasteiger partial charge is 0.255 e. The minimum Gasteiger partial charge on any atom is -0.322 e. The Labute approximate surface area is 142 Å². The van der Waals surface area contributed by atoms with Crippen molar-refractivity contribution in [3.05, 3.63) is 59.2 Å². The Bertz CT molecular complexity index is 766. The fourth-order valence-corrected chi connectivity index (χ4v) is 3.10. The summed E-state index contributed by atoms with van der Waals surface area (Å²) in [5.41, 5.74) is 4.64. The number of rotatable bonds is 4. The molecule has 1 heterocycles. The molecule has 0 saturated heterocycles. The number of amides is 2. The molecule has 1 aliphatic rings. The van der Waals surface area contributed by atoms with Crippen molar-refractivity contribution in [2.75, 3.05) is 16.8 Å². The van der Waals surface area contributed by atoms with E-state index in [9.17, 15) is 9.59 Å². The zero-order chi connectivity index (χ0) is 17.1. The standard InChI is InChI=1S/C20H22N2O2/c1-3-4-15-5-7-17(8-6-15)20(24)21-18-10-9-16-11-12-22(14(2)23)19(16)13-18/h5-10,13H,3-4,11-12H2,1-2H3,(H,21,24). The van der Waals surface area contributed by atoms with Gasteiger partial charge in [0.1, 0.15) is 0 Å². The van der Waals surface area contributed by atoms with Crippen molar-refractivity contribution in [2.24, 2.45) is 0 Å². The van der Waals surface area contributed by atoms with E-state index in [1.165, 1.54) is 5.56 Å². The van der Waals surface area contributed by atoms with Crippen LogP contribution in [0.3, 0.4) is 0 Å². The van der Waals surface area contributed by atoms with Crippen LogP contribution in [-0.2, 0) is 17.6 Å². The summed E-state index contributed by atoms with van der Waals surface area (Å²) in [7, 11) is 0. The normalized spacial score (nSPS) is 12.8. The van der Waals surface area contributed by atoms with Crippen molar-refractivity contribution in [1.29, 1.82) is 0 Å². The Hall–Kier alpha value is -2.62. The van der Waals surface area contributed by atoms with Gasteiger partial charge in [0.05, 0.1) is 0 Å². The molecule has 0 aliphatic carbocycles. The first-order valence-corrected chi connectivity index (χ1v) is 8.40. The molecule has 0 aromatic heterocycles. The second kappa shape index (κ2) is 6.87. The lowest BCUT2D eigenvalue weighted by Gasteiger charge is -2.16. The maximum absolute atomic E-state index is 12.4. The topological polar surface area (TPSA) is 49.4 Å². The van der Waals surface area contributed by atoms with E-state index in [4.69, 9.17) is 0 Å². The van der Waals surface area contributed by atoms with Crippen LogP contribution >= 0.6 is 0 Å². The van der Waals surface area contributed by atoms with Gasteiger partial charge in [0, 0.05) is 30.4 Å². The van der Waals surface area contributed by atoms with Crippen LogP contribution in [0.4, 0.5) is 11.4 Å². The quantitative estimate of drug-likeness (QED) is 0.931. The van der Waals surface area contributed by atoms with Gasteiger partial charge >= 0.3 is 0 Å². The average molecular weight is 322 g/mol. The maximum Gasteiger partial charge on any atom is 0.255 e. The van der Waals surface area contributed by atoms with E-state index in [0.717, 1.165) is 30.5 Å². The Morgan fingerprint density at radius 2 is 1.88 bits per heavy atom. The first-order chi connectivity index (χ1) is 11.6. The van der Waals surface area contributed by atoms with Gasteiger partial charge in [-0.1, -0.05) is 31.5 Å². The summed E-state index contributed by atoms with van der Waals surface area (Å²) in [6.07, 6.45) is 2.98. The molecule has 4 heteroatoms. The Kier molecular flexibility index (Phi) is 4.65. The molecule has 0 saturated carbocycles. The van der Waals surface area contributed by atoms with E-state index in [-0.39, 0.29) is 11.8 Å². The molecule has 1 aliphatic heterocycles. The predicted octanol–water partition coefficient (Wildman–Crippen LogP) is 3.80. The number of anilines is 2. The highest BCUT2D eigenvalue weighted by molar-refractivity contribution is 6.05. The molecule has 0 radical (unpaired) electrons. The Balaban J connectivity index is 1.75. The molecule has 2 aromatic rings. The van der Waals surface area contributed by atoms with E-state index >= 15 is 0 Å².